The number of hydrogen-bond donors (Lipinski definition) is 1. The molecule has 0 fully saturated rings. The molecule has 128 valence electrons. The highest BCUT2D eigenvalue weighted by Gasteiger charge is 2.13. The molecule has 4 rings (SSSR count). The maximum absolute atomic E-state index is 11.0. The zero-order valence-corrected chi connectivity index (χ0v) is 15.4. The first kappa shape index (κ1) is 16.5. The van der Waals surface area contributed by atoms with Gasteiger partial charge in [0.15, 0.2) is 5.58 Å². The summed E-state index contributed by atoms with van der Waals surface area (Å²) in [7, 11) is 0. The molecule has 0 aliphatic heterocycles. The molecule has 1 aromatic heterocycles. The minimum atomic E-state index is -0.350. The van der Waals surface area contributed by atoms with Gasteiger partial charge < -0.3 is 10.2 Å². The van der Waals surface area contributed by atoms with Crippen molar-refractivity contribution >= 4 is 32.9 Å². The Balaban J connectivity index is 1.73. The Labute approximate surface area is 158 Å². The molecular formula is C21H15BrN2O2. The van der Waals surface area contributed by atoms with Crippen LogP contribution in [0.25, 0.3) is 33.7 Å². The summed E-state index contributed by atoms with van der Waals surface area (Å²) in [5, 5.41) is 0. The molecule has 26 heavy (non-hydrogen) atoms. The van der Waals surface area contributed by atoms with Gasteiger partial charge in [0.2, 0.25) is 11.8 Å². The van der Waals surface area contributed by atoms with Crippen LogP contribution in [0.5, 0.6) is 0 Å². The number of halogens is 1. The molecule has 3 aromatic carbocycles. The molecule has 2 N–H and O–H groups in total. The number of oxazole rings is 1. The molecule has 0 aliphatic rings. The van der Waals surface area contributed by atoms with Gasteiger partial charge in [-0.15, -0.1) is 0 Å². The van der Waals surface area contributed by atoms with Crippen LogP contribution in [0.4, 0.5) is 0 Å². The third-order valence-corrected chi connectivity index (χ3v) is 4.72. The normalized spacial score (nSPS) is 11.0. The highest BCUT2D eigenvalue weighted by Crippen LogP contribution is 2.34. The van der Waals surface area contributed by atoms with Crippen molar-refractivity contribution < 1.29 is 9.21 Å². The van der Waals surface area contributed by atoms with Crippen molar-refractivity contribution in [3.63, 3.8) is 0 Å². The predicted octanol–water partition coefficient (Wildman–Crippen LogP) is 4.95. The van der Waals surface area contributed by atoms with E-state index in [1.54, 1.807) is 0 Å². The molecule has 0 unspecified atom stereocenters. The average molecular weight is 407 g/mol. The number of carbonyl (C=O) groups excluding carboxylic acids is 1. The number of amides is 1. The van der Waals surface area contributed by atoms with E-state index in [9.17, 15) is 4.79 Å². The zero-order valence-electron chi connectivity index (χ0n) is 13.8. The fourth-order valence-corrected chi connectivity index (χ4v) is 3.41. The van der Waals surface area contributed by atoms with Gasteiger partial charge in [-0.05, 0) is 56.9 Å². The lowest BCUT2D eigenvalue weighted by atomic mass is 10.1. The van der Waals surface area contributed by atoms with Crippen molar-refractivity contribution in [1.29, 1.82) is 0 Å². The molecule has 1 heterocycles. The van der Waals surface area contributed by atoms with E-state index in [1.807, 2.05) is 54.6 Å². The van der Waals surface area contributed by atoms with Gasteiger partial charge in [0.1, 0.15) is 5.52 Å². The van der Waals surface area contributed by atoms with Crippen LogP contribution < -0.4 is 5.73 Å². The number of primary amides is 1. The summed E-state index contributed by atoms with van der Waals surface area (Å²) in [5.41, 5.74) is 10.6. The molecule has 4 aromatic rings. The second kappa shape index (κ2) is 6.77. The fraction of sp³-hybridized carbons (Fsp3) is 0.0476. The number of aromatic nitrogens is 1. The molecule has 0 aliphatic carbocycles. The van der Waals surface area contributed by atoms with Crippen LogP contribution in [0.3, 0.4) is 0 Å². The first-order chi connectivity index (χ1) is 12.6. The van der Waals surface area contributed by atoms with Gasteiger partial charge in [0.25, 0.3) is 0 Å². The summed E-state index contributed by atoms with van der Waals surface area (Å²) in [4.78, 5) is 15.6. The van der Waals surface area contributed by atoms with Gasteiger partial charge in [-0.2, -0.15) is 0 Å². The second-order valence-electron chi connectivity index (χ2n) is 6.03. The summed E-state index contributed by atoms with van der Waals surface area (Å²) < 4.78 is 6.81. The first-order valence-corrected chi connectivity index (χ1v) is 8.92. The minimum absolute atomic E-state index is 0.222. The molecule has 0 saturated carbocycles. The van der Waals surface area contributed by atoms with Crippen molar-refractivity contribution in [3.05, 3.63) is 76.8 Å². The zero-order chi connectivity index (χ0) is 18.1. The van der Waals surface area contributed by atoms with Crippen molar-refractivity contribution in [2.24, 2.45) is 5.73 Å². The van der Waals surface area contributed by atoms with Crippen LogP contribution in [-0.2, 0) is 11.2 Å². The van der Waals surface area contributed by atoms with Crippen LogP contribution in [0.1, 0.15) is 5.56 Å². The van der Waals surface area contributed by atoms with Gasteiger partial charge >= 0.3 is 0 Å². The maximum atomic E-state index is 11.0. The Bertz CT molecular complexity index is 1090. The van der Waals surface area contributed by atoms with E-state index >= 15 is 0 Å². The molecule has 0 radical (unpaired) electrons. The SMILES string of the molecule is NC(=O)Cc1ccc(-c2nc3cc(-c4ccccc4)cc(Br)c3o2)cc1. The monoisotopic (exact) mass is 406 g/mol. The third-order valence-electron chi connectivity index (χ3n) is 4.13. The number of hydrogen-bond acceptors (Lipinski definition) is 3. The fourth-order valence-electron chi connectivity index (χ4n) is 2.88. The summed E-state index contributed by atoms with van der Waals surface area (Å²) in [6.07, 6.45) is 0.222. The van der Waals surface area contributed by atoms with Gasteiger partial charge in [-0.25, -0.2) is 4.98 Å². The lowest BCUT2D eigenvalue weighted by molar-refractivity contribution is -0.117. The third kappa shape index (κ3) is 3.26. The van der Waals surface area contributed by atoms with E-state index in [0.29, 0.717) is 11.5 Å². The summed E-state index contributed by atoms with van der Waals surface area (Å²) >= 11 is 3.58. The number of carbonyl (C=O) groups is 1. The van der Waals surface area contributed by atoms with Crippen molar-refractivity contribution in [1.82, 2.24) is 4.98 Å². The summed E-state index contributed by atoms with van der Waals surface area (Å²) in [6, 6.07) is 21.7. The Morgan fingerprint density at radius 2 is 1.69 bits per heavy atom. The van der Waals surface area contributed by atoms with Crippen LogP contribution in [0.2, 0.25) is 0 Å². The highest BCUT2D eigenvalue weighted by atomic mass is 79.9. The average Bonchev–Trinajstić information content (AvgIpc) is 3.07. The van der Waals surface area contributed by atoms with Crippen LogP contribution in [0, 0.1) is 0 Å². The highest BCUT2D eigenvalue weighted by molar-refractivity contribution is 9.10. The summed E-state index contributed by atoms with van der Waals surface area (Å²) in [5.74, 6) is 0.188. The molecule has 0 saturated heterocycles. The van der Waals surface area contributed by atoms with Gasteiger partial charge in [-0.3, -0.25) is 4.79 Å². The minimum Gasteiger partial charge on any atom is -0.435 e. The smallest absolute Gasteiger partial charge is 0.227 e. The number of nitrogens with zero attached hydrogens (tertiary/aromatic N) is 1. The van der Waals surface area contributed by atoms with E-state index in [4.69, 9.17) is 10.2 Å². The van der Waals surface area contributed by atoms with Crippen molar-refractivity contribution in [3.8, 4) is 22.6 Å². The van der Waals surface area contributed by atoms with Gasteiger partial charge in [0.05, 0.1) is 10.9 Å². The molecular weight excluding hydrogens is 392 g/mol. The van der Waals surface area contributed by atoms with E-state index in [0.717, 1.165) is 32.2 Å². The number of rotatable bonds is 4. The largest absolute Gasteiger partial charge is 0.435 e. The number of nitrogens with two attached hydrogens (primary N) is 1. The van der Waals surface area contributed by atoms with Crippen LogP contribution in [-0.4, -0.2) is 10.9 Å². The molecule has 0 spiro atoms. The molecule has 0 atom stereocenters. The molecule has 0 bridgehead atoms. The van der Waals surface area contributed by atoms with Crippen molar-refractivity contribution in [2.45, 2.75) is 6.42 Å². The van der Waals surface area contributed by atoms with Gasteiger partial charge in [0, 0.05) is 5.56 Å². The first-order valence-electron chi connectivity index (χ1n) is 8.13. The topological polar surface area (TPSA) is 69.1 Å². The Morgan fingerprint density at radius 1 is 0.962 bits per heavy atom. The number of benzene rings is 3. The quantitative estimate of drug-likeness (QED) is 0.520. The van der Waals surface area contributed by atoms with Crippen molar-refractivity contribution in [2.75, 3.05) is 0 Å². The molecule has 4 nitrogen and oxygen atoms in total. The van der Waals surface area contributed by atoms with Crippen LogP contribution in [0.15, 0.2) is 75.6 Å². The van der Waals surface area contributed by atoms with Gasteiger partial charge in [-0.1, -0.05) is 42.5 Å². The van der Waals surface area contributed by atoms with E-state index in [-0.39, 0.29) is 12.3 Å². The molecule has 1 amide bonds. The standard InChI is InChI=1S/C21H15BrN2O2/c22-17-11-16(14-4-2-1-3-5-14)12-18-20(17)26-21(24-18)15-8-6-13(7-9-15)10-19(23)25/h1-9,11-12H,10H2,(H2,23,25). The Hall–Kier alpha value is -2.92. The second-order valence-corrected chi connectivity index (χ2v) is 6.89. The lowest BCUT2D eigenvalue weighted by Crippen LogP contribution is -2.13. The Kier molecular flexibility index (Phi) is 4.31. The van der Waals surface area contributed by atoms with Crippen LogP contribution >= 0.6 is 15.9 Å². The maximum Gasteiger partial charge on any atom is 0.227 e. The van der Waals surface area contributed by atoms with E-state index in [2.05, 4.69) is 33.0 Å². The van der Waals surface area contributed by atoms with E-state index < -0.39 is 0 Å². The van der Waals surface area contributed by atoms with E-state index in [1.165, 1.54) is 0 Å². The predicted molar refractivity (Wildman–Crippen MR) is 105 cm³/mol. The summed E-state index contributed by atoms with van der Waals surface area (Å²) in [6.45, 7) is 0. The number of fused-ring (bicyclic) bond motifs is 1. The Morgan fingerprint density at radius 3 is 2.38 bits per heavy atom. The molecule has 5 heteroatoms. The lowest BCUT2D eigenvalue weighted by Gasteiger charge is -2.02.